The summed E-state index contributed by atoms with van der Waals surface area (Å²) in [6, 6.07) is 4.87. The van der Waals surface area contributed by atoms with Crippen LogP contribution in [0.3, 0.4) is 0 Å². The van der Waals surface area contributed by atoms with Crippen molar-refractivity contribution >= 4 is 21.9 Å². The summed E-state index contributed by atoms with van der Waals surface area (Å²) in [4.78, 5) is 16.6. The van der Waals surface area contributed by atoms with E-state index in [0.29, 0.717) is 30.7 Å². The van der Waals surface area contributed by atoms with Crippen LogP contribution in [0.4, 0.5) is 11.9 Å². The minimum atomic E-state index is -3.68. The molecule has 1 aromatic heterocycles. The molecule has 0 saturated heterocycles. The topological polar surface area (TPSA) is 101 Å². The number of rotatable bonds is 6. The molecule has 9 nitrogen and oxygen atoms in total. The molecule has 0 unspecified atom stereocenters. The van der Waals surface area contributed by atoms with Gasteiger partial charge in [0.15, 0.2) is 5.82 Å². The summed E-state index contributed by atoms with van der Waals surface area (Å²) >= 11 is 0. The Morgan fingerprint density at radius 2 is 1.73 bits per heavy atom. The molecule has 2 heterocycles. The lowest BCUT2D eigenvalue weighted by Gasteiger charge is -2.16. The SMILES string of the molecule is CN(C)c1nc(CNS(=O)(=O)c2ccc3c(c2)CCO3)nc(N(C)C)n1. The van der Waals surface area contributed by atoms with Gasteiger partial charge in [-0.2, -0.15) is 15.0 Å². The zero-order chi connectivity index (χ0) is 18.9. The minimum absolute atomic E-state index is 0.0277. The number of anilines is 2. The van der Waals surface area contributed by atoms with Gasteiger partial charge in [0.2, 0.25) is 21.9 Å². The van der Waals surface area contributed by atoms with Crippen molar-refractivity contribution in [3.8, 4) is 5.75 Å². The molecule has 1 aromatic carbocycles. The van der Waals surface area contributed by atoms with E-state index in [9.17, 15) is 8.42 Å². The standard InChI is InChI=1S/C16H22N6O3S/c1-21(2)15-18-14(19-16(20-15)22(3)4)10-17-26(23,24)12-5-6-13-11(9-12)7-8-25-13/h5-6,9,17H,7-8,10H2,1-4H3. The quantitative estimate of drug-likeness (QED) is 0.772. The van der Waals surface area contributed by atoms with Crippen molar-refractivity contribution in [3.63, 3.8) is 0 Å². The van der Waals surface area contributed by atoms with Crippen LogP contribution in [0.5, 0.6) is 5.75 Å². The first-order valence-corrected chi connectivity index (χ1v) is 9.59. The molecule has 140 valence electrons. The molecule has 0 bridgehead atoms. The zero-order valence-electron chi connectivity index (χ0n) is 15.2. The molecule has 0 saturated carbocycles. The fraction of sp³-hybridized carbons (Fsp3) is 0.438. The molecule has 10 heteroatoms. The van der Waals surface area contributed by atoms with E-state index in [1.807, 2.05) is 28.2 Å². The van der Waals surface area contributed by atoms with Crippen LogP contribution < -0.4 is 19.3 Å². The van der Waals surface area contributed by atoms with Crippen molar-refractivity contribution in [2.75, 3.05) is 44.6 Å². The molecule has 1 aliphatic heterocycles. The highest BCUT2D eigenvalue weighted by Gasteiger charge is 2.20. The molecule has 0 atom stereocenters. The molecule has 1 aliphatic rings. The molecule has 0 radical (unpaired) electrons. The van der Waals surface area contributed by atoms with Crippen LogP contribution in [-0.4, -0.2) is 58.2 Å². The van der Waals surface area contributed by atoms with Gasteiger partial charge in [-0.1, -0.05) is 0 Å². The number of hydrogen-bond donors (Lipinski definition) is 1. The van der Waals surface area contributed by atoms with E-state index in [0.717, 1.165) is 11.3 Å². The smallest absolute Gasteiger partial charge is 0.240 e. The average molecular weight is 378 g/mol. The van der Waals surface area contributed by atoms with E-state index in [2.05, 4.69) is 19.7 Å². The third-order valence-electron chi connectivity index (χ3n) is 3.85. The zero-order valence-corrected chi connectivity index (χ0v) is 16.0. The first-order valence-electron chi connectivity index (χ1n) is 8.11. The van der Waals surface area contributed by atoms with Gasteiger partial charge in [0.05, 0.1) is 18.0 Å². The van der Waals surface area contributed by atoms with Crippen molar-refractivity contribution in [1.82, 2.24) is 19.7 Å². The average Bonchev–Trinajstić information content (AvgIpc) is 3.07. The molecule has 0 amide bonds. The molecular formula is C16H22N6O3S. The molecule has 1 N–H and O–H groups in total. The molecule has 3 rings (SSSR count). The molecule has 0 aliphatic carbocycles. The van der Waals surface area contributed by atoms with Gasteiger partial charge in [-0.25, -0.2) is 13.1 Å². The summed E-state index contributed by atoms with van der Waals surface area (Å²) in [5, 5.41) is 0. The second-order valence-electron chi connectivity index (χ2n) is 6.33. The number of aromatic nitrogens is 3. The number of nitrogens with one attached hydrogen (secondary N) is 1. The number of benzene rings is 1. The van der Waals surface area contributed by atoms with Crippen LogP contribution in [0, 0.1) is 0 Å². The highest BCUT2D eigenvalue weighted by Crippen LogP contribution is 2.27. The first kappa shape index (κ1) is 18.3. The Hall–Kier alpha value is -2.46. The maximum Gasteiger partial charge on any atom is 0.240 e. The lowest BCUT2D eigenvalue weighted by atomic mass is 10.2. The lowest BCUT2D eigenvalue weighted by molar-refractivity contribution is 0.356. The van der Waals surface area contributed by atoms with Gasteiger partial charge in [-0.3, -0.25) is 0 Å². The predicted octanol–water partition coefficient (Wildman–Crippen LogP) is 0.417. The number of hydrogen-bond acceptors (Lipinski definition) is 8. The van der Waals surface area contributed by atoms with Crippen molar-refractivity contribution in [1.29, 1.82) is 0 Å². The number of sulfonamides is 1. The Balaban J connectivity index is 1.81. The summed E-state index contributed by atoms with van der Waals surface area (Å²) < 4.78 is 33.2. The van der Waals surface area contributed by atoms with E-state index in [-0.39, 0.29) is 11.4 Å². The predicted molar refractivity (Wildman–Crippen MR) is 98.1 cm³/mol. The van der Waals surface area contributed by atoms with Crippen molar-refractivity contribution in [2.24, 2.45) is 0 Å². The monoisotopic (exact) mass is 378 g/mol. The summed E-state index contributed by atoms with van der Waals surface area (Å²) in [6.07, 6.45) is 0.713. The largest absolute Gasteiger partial charge is 0.493 e. The van der Waals surface area contributed by atoms with Crippen LogP contribution in [0.2, 0.25) is 0 Å². The summed E-state index contributed by atoms with van der Waals surface area (Å²) in [5.41, 5.74) is 0.901. The van der Waals surface area contributed by atoms with E-state index in [4.69, 9.17) is 4.74 Å². The van der Waals surface area contributed by atoms with Crippen LogP contribution in [-0.2, 0) is 23.0 Å². The molecule has 0 fully saturated rings. The Morgan fingerprint density at radius 1 is 1.08 bits per heavy atom. The highest BCUT2D eigenvalue weighted by molar-refractivity contribution is 7.89. The Labute approximate surface area is 153 Å². The fourth-order valence-electron chi connectivity index (χ4n) is 2.45. The van der Waals surface area contributed by atoms with Gasteiger partial charge in [0, 0.05) is 34.6 Å². The third-order valence-corrected chi connectivity index (χ3v) is 5.25. The summed E-state index contributed by atoms with van der Waals surface area (Å²) in [6.45, 7) is 0.553. The number of fused-ring (bicyclic) bond motifs is 1. The van der Waals surface area contributed by atoms with Gasteiger partial charge in [0.25, 0.3) is 0 Å². The van der Waals surface area contributed by atoms with E-state index in [1.54, 1.807) is 21.9 Å². The second-order valence-corrected chi connectivity index (χ2v) is 8.10. The maximum atomic E-state index is 12.6. The van der Waals surface area contributed by atoms with Crippen molar-refractivity contribution in [2.45, 2.75) is 17.9 Å². The van der Waals surface area contributed by atoms with Gasteiger partial charge in [-0.15, -0.1) is 0 Å². The molecule has 0 spiro atoms. The van der Waals surface area contributed by atoms with Gasteiger partial charge in [-0.05, 0) is 23.8 Å². The lowest BCUT2D eigenvalue weighted by Crippen LogP contribution is -2.26. The van der Waals surface area contributed by atoms with Gasteiger partial charge in [0.1, 0.15) is 5.75 Å². The molecule has 26 heavy (non-hydrogen) atoms. The first-order chi connectivity index (χ1) is 12.3. The van der Waals surface area contributed by atoms with Gasteiger partial charge < -0.3 is 14.5 Å². The van der Waals surface area contributed by atoms with Crippen LogP contribution in [0.1, 0.15) is 11.4 Å². The van der Waals surface area contributed by atoms with E-state index >= 15 is 0 Å². The highest BCUT2D eigenvalue weighted by atomic mass is 32.2. The normalized spacial score (nSPS) is 13.2. The van der Waals surface area contributed by atoms with Gasteiger partial charge >= 0.3 is 0 Å². The second kappa shape index (κ2) is 7.04. The maximum absolute atomic E-state index is 12.6. The molecule has 2 aromatic rings. The van der Waals surface area contributed by atoms with E-state index in [1.165, 1.54) is 6.07 Å². The van der Waals surface area contributed by atoms with Crippen molar-refractivity contribution < 1.29 is 13.2 Å². The Morgan fingerprint density at radius 3 is 2.35 bits per heavy atom. The third kappa shape index (κ3) is 3.86. The number of nitrogens with zero attached hydrogens (tertiary/aromatic N) is 5. The Bertz CT molecular complexity index is 888. The summed E-state index contributed by atoms with van der Waals surface area (Å²) in [7, 11) is 3.58. The van der Waals surface area contributed by atoms with Crippen LogP contribution in [0.25, 0.3) is 0 Å². The number of ether oxygens (including phenoxy) is 1. The Kier molecular flexibility index (Phi) is 4.97. The van der Waals surface area contributed by atoms with Crippen molar-refractivity contribution in [3.05, 3.63) is 29.6 Å². The fourth-order valence-corrected chi connectivity index (χ4v) is 3.48. The minimum Gasteiger partial charge on any atom is -0.493 e. The van der Waals surface area contributed by atoms with Crippen LogP contribution in [0.15, 0.2) is 23.1 Å². The van der Waals surface area contributed by atoms with Crippen LogP contribution >= 0.6 is 0 Å². The van der Waals surface area contributed by atoms with E-state index < -0.39 is 10.0 Å². The molecular weight excluding hydrogens is 356 g/mol. The summed E-state index contributed by atoms with van der Waals surface area (Å²) in [5.74, 6) is 2.02.